The van der Waals surface area contributed by atoms with E-state index in [0.29, 0.717) is 17.8 Å². The minimum atomic E-state index is 0.415. The molecule has 3 nitrogen and oxygen atoms in total. The molecule has 2 aliphatic rings. The predicted octanol–water partition coefficient (Wildman–Crippen LogP) is 6.50. The summed E-state index contributed by atoms with van der Waals surface area (Å²) in [4.78, 5) is 7.67. The van der Waals surface area contributed by atoms with Crippen molar-refractivity contribution in [3.8, 4) is 0 Å². The molecule has 3 atom stereocenters. The van der Waals surface area contributed by atoms with Gasteiger partial charge in [0.15, 0.2) is 0 Å². The molecule has 0 saturated carbocycles. The van der Waals surface area contributed by atoms with Crippen LogP contribution in [0.15, 0.2) is 43.1 Å². The van der Waals surface area contributed by atoms with Crippen molar-refractivity contribution in [3.05, 3.63) is 71.1 Å². The third-order valence-electron chi connectivity index (χ3n) is 7.39. The molecule has 3 unspecified atom stereocenters. The van der Waals surface area contributed by atoms with Crippen molar-refractivity contribution in [2.45, 2.75) is 60.5 Å². The largest absolute Gasteiger partial charge is 0.339 e. The number of nitrogens with one attached hydrogen (secondary N) is 1. The maximum Gasteiger partial charge on any atom is 0.0924 e. The second-order valence-corrected chi connectivity index (χ2v) is 9.35. The Bertz CT molecular complexity index is 1060. The fraction of sp³-hybridized carbons (Fsp3) is 0.464. The van der Waals surface area contributed by atoms with Gasteiger partial charge in [0.25, 0.3) is 0 Å². The first kappa shape index (κ1) is 21.8. The molecule has 0 amide bonds. The van der Waals surface area contributed by atoms with Gasteiger partial charge < -0.3 is 10.2 Å². The zero-order valence-corrected chi connectivity index (χ0v) is 19.9. The summed E-state index contributed by atoms with van der Waals surface area (Å²) in [7, 11) is 0. The molecule has 1 N–H and O–H groups in total. The van der Waals surface area contributed by atoms with Gasteiger partial charge in [-0.05, 0) is 67.5 Å². The minimum Gasteiger partial charge on any atom is -0.339 e. The van der Waals surface area contributed by atoms with Gasteiger partial charge >= 0.3 is 0 Å². The first-order chi connectivity index (χ1) is 14.9. The first-order valence-corrected chi connectivity index (χ1v) is 11.9. The van der Waals surface area contributed by atoms with E-state index >= 15 is 0 Å². The highest BCUT2D eigenvalue weighted by atomic mass is 15.2. The van der Waals surface area contributed by atoms with Crippen LogP contribution in [0, 0.1) is 31.6 Å². The van der Waals surface area contributed by atoms with Crippen molar-refractivity contribution in [3.63, 3.8) is 0 Å². The number of pyridine rings is 1. The summed E-state index contributed by atoms with van der Waals surface area (Å²) in [6, 6.07) is 4.58. The number of rotatable bonds is 7. The molecule has 0 spiro atoms. The van der Waals surface area contributed by atoms with E-state index in [1.165, 1.54) is 45.5 Å². The highest BCUT2D eigenvalue weighted by Crippen LogP contribution is 2.48. The zero-order valence-electron chi connectivity index (χ0n) is 19.9. The van der Waals surface area contributed by atoms with Crippen LogP contribution in [-0.4, -0.2) is 16.4 Å². The fourth-order valence-electron chi connectivity index (χ4n) is 5.33. The molecule has 0 bridgehead atoms. The fourth-order valence-corrected chi connectivity index (χ4v) is 5.33. The maximum atomic E-state index is 5.23. The molecule has 2 aromatic rings. The molecule has 164 valence electrons. The monoisotopic (exact) mass is 415 g/mol. The Morgan fingerprint density at radius 3 is 2.68 bits per heavy atom. The number of hydrogen-bond acceptors (Lipinski definition) is 3. The smallest absolute Gasteiger partial charge is 0.0924 e. The number of fused-ring (bicyclic) bond motifs is 4. The zero-order chi connectivity index (χ0) is 22.3. The van der Waals surface area contributed by atoms with Gasteiger partial charge in [0.2, 0.25) is 0 Å². The van der Waals surface area contributed by atoms with Gasteiger partial charge in [0, 0.05) is 29.1 Å². The van der Waals surface area contributed by atoms with E-state index in [2.05, 4.69) is 82.3 Å². The van der Waals surface area contributed by atoms with Crippen molar-refractivity contribution in [2.24, 2.45) is 17.8 Å². The summed E-state index contributed by atoms with van der Waals surface area (Å²) < 4.78 is 0. The van der Waals surface area contributed by atoms with Gasteiger partial charge in [-0.3, -0.25) is 0 Å². The Labute approximate surface area is 187 Å². The van der Waals surface area contributed by atoms with E-state index < -0.39 is 0 Å². The molecule has 0 radical (unpaired) electrons. The molecule has 4 rings (SSSR count). The maximum absolute atomic E-state index is 5.23. The van der Waals surface area contributed by atoms with Crippen LogP contribution >= 0.6 is 0 Å². The number of aryl methyl sites for hydroxylation is 2. The highest BCUT2D eigenvalue weighted by molar-refractivity contribution is 5.89. The van der Waals surface area contributed by atoms with Crippen molar-refractivity contribution in [1.29, 1.82) is 0 Å². The first-order valence-electron chi connectivity index (χ1n) is 11.9. The molecular weight excluding hydrogens is 378 g/mol. The Hall–Kier alpha value is -2.39. The van der Waals surface area contributed by atoms with Crippen LogP contribution in [-0.2, 0) is 13.1 Å². The van der Waals surface area contributed by atoms with Gasteiger partial charge in [0.1, 0.15) is 0 Å². The predicted molar refractivity (Wildman–Crippen MR) is 133 cm³/mol. The molecule has 1 aromatic carbocycles. The van der Waals surface area contributed by atoms with Crippen molar-refractivity contribution >= 4 is 16.6 Å². The molecule has 0 fully saturated rings. The third-order valence-corrected chi connectivity index (χ3v) is 7.39. The van der Waals surface area contributed by atoms with Crippen LogP contribution in [0.4, 0.5) is 0 Å². The summed E-state index contributed by atoms with van der Waals surface area (Å²) >= 11 is 0. The Balaban J connectivity index is 1.92. The normalized spacial score (nSPS) is 21.1. The van der Waals surface area contributed by atoms with Crippen molar-refractivity contribution in [2.75, 3.05) is 6.54 Å². The highest BCUT2D eigenvalue weighted by Gasteiger charge is 2.40. The average Bonchev–Trinajstić information content (AvgIpc) is 3.12. The van der Waals surface area contributed by atoms with E-state index in [9.17, 15) is 0 Å². The second-order valence-electron chi connectivity index (χ2n) is 9.35. The van der Waals surface area contributed by atoms with Gasteiger partial charge in [-0.15, -0.1) is 6.58 Å². The summed E-state index contributed by atoms with van der Waals surface area (Å²) in [5, 5.41) is 4.86. The molecule has 3 heterocycles. The SMILES string of the molecule is C=CC(C)C1C=C2c3nc4cc(C)c(C)cc4c(CNCC)c3CN2C(=C)C1CCC. The lowest BCUT2D eigenvalue weighted by Gasteiger charge is -2.40. The van der Waals surface area contributed by atoms with E-state index in [0.717, 1.165) is 37.3 Å². The summed E-state index contributed by atoms with van der Waals surface area (Å²) in [5.74, 6) is 1.31. The van der Waals surface area contributed by atoms with Crippen molar-refractivity contribution < 1.29 is 0 Å². The van der Waals surface area contributed by atoms with Crippen LogP contribution in [0.1, 0.15) is 61.6 Å². The van der Waals surface area contributed by atoms with Crippen LogP contribution in [0.25, 0.3) is 16.6 Å². The van der Waals surface area contributed by atoms with Crippen molar-refractivity contribution in [1.82, 2.24) is 15.2 Å². The number of aromatic nitrogens is 1. The lowest BCUT2D eigenvalue weighted by Crippen LogP contribution is -2.33. The number of benzene rings is 1. The lowest BCUT2D eigenvalue weighted by molar-refractivity contribution is 0.279. The second kappa shape index (κ2) is 8.63. The van der Waals surface area contributed by atoms with Crippen LogP contribution in [0.5, 0.6) is 0 Å². The lowest BCUT2D eigenvalue weighted by atomic mass is 9.75. The van der Waals surface area contributed by atoms with Crippen LogP contribution in [0.3, 0.4) is 0 Å². The van der Waals surface area contributed by atoms with Gasteiger partial charge in [-0.25, -0.2) is 4.98 Å². The summed E-state index contributed by atoms with van der Waals surface area (Å²) in [5.41, 5.74) is 10.2. The van der Waals surface area contributed by atoms with Gasteiger partial charge in [0.05, 0.1) is 23.5 Å². The molecule has 1 aromatic heterocycles. The summed E-state index contributed by atoms with van der Waals surface area (Å²) in [6.07, 6.45) is 6.90. The molecule has 31 heavy (non-hydrogen) atoms. The van der Waals surface area contributed by atoms with E-state index in [4.69, 9.17) is 4.98 Å². The number of nitrogens with zero attached hydrogens (tertiary/aromatic N) is 2. The number of allylic oxidation sites excluding steroid dienone is 3. The summed E-state index contributed by atoms with van der Waals surface area (Å²) in [6.45, 7) is 22.5. The van der Waals surface area contributed by atoms with Crippen LogP contribution in [0.2, 0.25) is 0 Å². The molecular formula is C28H37N3. The Kier molecular flexibility index (Phi) is 6.07. The van der Waals surface area contributed by atoms with E-state index in [1.54, 1.807) is 0 Å². The average molecular weight is 416 g/mol. The molecule has 0 aliphatic carbocycles. The quantitative estimate of drug-likeness (QED) is 0.523. The van der Waals surface area contributed by atoms with E-state index in [-0.39, 0.29) is 0 Å². The van der Waals surface area contributed by atoms with Gasteiger partial charge in [-0.1, -0.05) is 45.9 Å². The molecule has 0 saturated heterocycles. The Morgan fingerprint density at radius 2 is 2.00 bits per heavy atom. The topological polar surface area (TPSA) is 28.2 Å². The molecule has 3 heteroatoms. The molecule has 2 aliphatic heterocycles. The number of hydrogen-bond donors (Lipinski definition) is 1. The standard InChI is InChI=1S/C28H37N3/c1-8-11-21-20(7)31-16-25-24(15-29-10-3)23-12-18(5)19(6)13-26(23)30-28(25)27(31)14-22(21)17(4)9-2/h9,12-14,17,21-22,29H,2,7-8,10-11,15-16H2,1,3-6H3. The van der Waals surface area contributed by atoms with Gasteiger partial charge in [-0.2, -0.15) is 0 Å². The van der Waals surface area contributed by atoms with E-state index in [1.807, 2.05) is 0 Å². The third kappa shape index (κ3) is 3.63. The minimum absolute atomic E-state index is 0.415. The van der Waals surface area contributed by atoms with Crippen LogP contribution < -0.4 is 5.32 Å². The Morgan fingerprint density at radius 1 is 1.26 bits per heavy atom.